The van der Waals surface area contributed by atoms with Crippen molar-refractivity contribution in [2.24, 2.45) is 0 Å². The summed E-state index contributed by atoms with van der Waals surface area (Å²) in [6.07, 6.45) is 10.3. The van der Waals surface area contributed by atoms with Crippen LogP contribution in [0.15, 0.2) is 48.1 Å². The highest BCUT2D eigenvalue weighted by Gasteiger charge is 2.05. The number of benzene rings is 1. The van der Waals surface area contributed by atoms with Gasteiger partial charge in [-0.1, -0.05) is 23.8 Å². The summed E-state index contributed by atoms with van der Waals surface area (Å²) >= 11 is 0. The van der Waals surface area contributed by atoms with Gasteiger partial charge in [-0.2, -0.15) is 0 Å². The zero-order valence-corrected chi connectivity index (χ0v) is 10.7. The van der Waals surface area contributed by atoms with E-state index in [1.54, 1.807) is 7.11 Å². The smallest absolute Gasteiger partial charge is 0.166 e. The molecule has 0 saturated heterocycles. The quantitative estimate of drug-likeness (QED) is 0.748. The molecule has 1 aromatic carbocycles. The first-order chi connectivity index (χ1) is 8.79. The molecule has 1 aliphatic carbocycles. The second-order valence-electron chi connectivity index (χ2n) is 4.43. The lowest BCUT2D eigenvalue weighted by Crippen LogP contribution is -1.98. The Morgan fingerprint density at radius 1 is 1.33 bits per heavy atom. The van der Waals surface area contributed by atoms with Crippen molar-refractivity contribution >= 4 is 5.78 Å². The average Bonchev–Trinajstić information content (AvgIpc) is 2.46. The number of hydrogen-bond donors (Lipinski definition) is 0. The second-order valence-corrected chi connectivity index (χ2v) is 4.43. The van der Waals surface area contributed by atoms with Crippen LogP contribution in [0.5, 0.6) is 5.75 Å². The van der Waals surface area contributed by atoms with E-state index in [0.29, 0.717) is 6.42 Å². The molecule has 0 spiro atoms. The van der Waals surface area contributed by atoms with E-state index in [1.165, 1.54) is 12.0 Å². The highest BCUT2D eigenvalue weighted by Crippen LogP contribution is 2.18. The van der Waals surface area contributed by atoms with Crippen molar-refractivity contribution in [2.75, 3.05) is 7.11 Å². The fraction of sp³-hybridized carbons (Fsp3) is 0.312. The van der Waals surface area contributed by atoms with Gasteiger partial charge in [0.25, 0.3) is 0 Å². The predicted octanol–water partition coefficient (Wildman–Crippen LogP) is 3.93. The van der Waals surface area contributed by atoms with Crippen LogP contribution in [0.1, 0.15) is 36.0 Å². The Morgan fingerprint density at radius 3 is 2.72 bits per heavy atom. The van der Waals surface area contributed by atoms with Crippen LogP contribution in [-0.2, 0) is 0 Å². The molecule has 1 aliphatic rings. The van der Waals surface area contributed by atoms with Gasteiger partial charge in [0.1, 0.15) is 5.75 Å². The molecule has 2 rings (SSSR count). The number of rotatable bonds is 4. The molecular weight excluding hydrogens is 224 g/mol. The topological polar surface area (TPSA) is 26.3 Å². The molecule has 0 bridgehead atoms. The summed E-state index contributed by atoms with van der Waals surface area (Å²) in [5, 5.41) is 0. The summed E-state index contributed by atoms with van der Waals surface area (Å²) in [5.74, 6) is 0.934. The molecule has 0 atom stereocenters. The summed E-state index contributed by atoms with van der Waals surface area (Å²) in [6.45, 7) is 0. The minimum absolute atomic E-state index is 0.157. The van der Waals surface area contributed by atoms with Crippen LogP contribution in [0.2, 0.25) is 0 Å². The Balaban J connectivity index is 1.98. The Hall–Kier alpha value is -1.83. The Morgan fingerprint density at radius 2 is 2.11 bits per heavy atom. The molecule has 2 nitrogen and oxygen atoms in total. The maximum Gasteiger partial charge on any atom is 0.166 e. The molecule has 1 aromatic rings. The average molecular weight is 242 g/mol. The molecule has 0 aliphatic heterocycles. The maximum absolute atomic E-state index is 12.0. The highest BCUT2D eigenvalue weighted by atomic mass is 16.5. The van der Waals surface area contributed by atoms with Crippen LogP contribution in [0, 0.1) is 0 Å². The summed E-state index contributed by atoms with van der Waals surface area (Å²) < 4.78 is 5.07. The Kier molecular flexibility index (Phi) is 4.35. The maximum atomic E-state index is 12.0. The van der Waals surface area contributed by atoms with E-state index in [2.05, 4.69) is 12.2 Å². The molecule has 0 N–H and O–H groups in total. The van der Waals surface area contributed by atoms with Gasteiger partial charge in [-0.05, 0) is 43.5 Å². The van der Waals surface area contributed by atoms with Crippen LogP contribution >= 0.6 is 0 Å². The van der Waals surface area contributed by atoms with E-state index in [-0.39, 0.29) is 5.78 Å². The number of carbonyl (C=O) groups is 1. The number of ketones is 1. The first-order valence-electron chi connectivity index (χ1n) is 6.32. The highest BCUT2D eigenvalue weighted by molar-refractivity contribution is 5.97. The van der Waals surface area contributed by atoms with E-state index in [9.17, 15) is 4.79 Å². The van der Waals surface area contributed by atoms with Gasteiger partial charge in [-0.15, -0.1) is 0 Å². The summed E-state index contributed by atoms with van der Waals surface area (Å²) in [7, 11) is 1.62. The molecule has 2 heteroatoms. The normalized spacial score (nSPS) is 16.8. The summed E-state index contributed by atoms with van der Waals surface area (Å²) in [5.41, 5.74) is 2.02. The molecule has 0 fully saturated rings. The molecule has 0 heterocycles. The Bertz CT molecular complexity index is 466. The van der Waals surface area contributed by atoms with Gasteiger partial charge < -0.3 is 4.74 Å². The van der Waals surface area contributed by atoms with E-state index in [4.69, 9.17) is 4.74 Å². The van der Waals surface area contributed by atoms with E-state index in [1.807, 2.05) is 30.3 Å². The van der Waals surface area contributed by atoms with Crippen LogP contribution < -0.4 is 4.74 Å². The molecule has 94 valence electrons. The number of methoxy groups -OCH3 is 1. The molecular formula is C16H18O2. The van der Waals surface area contributed by atoms with Crippen LogP contribution in [0.3, 0.4) is 0 Å². The zero-order valence-electron chi connectivity index (χ0n) is 10.7. The van der Waals surface area contributed by atoms with Crippen molar-refractivity contribution in [3.63, 3.8) is 0 Å². The molecule has 18 heavy (non-hydrogen) atoms. The van der Waals surface area contributed by atoms with Crippen LogP contribution in [-0.4, -0.2) is 12.9 Å². The van der Waals surface area contributed by atoms with Crippen molar-refractivity contribution in [1.82, 2.24) is 0 Å². The molecule has 0 aromatic heterocycles. The standard InChI is InChI=1S/C16H18O2/c1-18-15-10-8-14(9-11-15)16(17)12-7-13-5-3-2-4-6-13/h3,5,7-11H,2,4,6,12H2,1H3/b13-7-. The predicted molar refractivity (Wildman–Crippen MR) is 73.0 cm³/mol. The largest absolute Gasteiger partial charge is 0.497 e. The number of hydrogen-bond acceptors (Lipinski definition) is 2. The van der Waals surface area contributed by atoms with E-state index < -0.39 is 0 Å². The van der Waals surface area contributed by atoms with Crippen molar-refractivity contribution in [1.29, 1.82) is 0 Å². The van der Waals surface area contributed by atoms with E-state index in [0.717, 1.165) is 24.2 Å². The lowest BCUT2D eigenvalue weighted by molar-refractivity contribution is 0.0995. The van der Waals surface area contributed by atoms with E-state index >= 15 is 0 Å². The Labute approximate surface area is 108 Å². The summed E-state index contributed by atoms with van der Waals surface area (Å²) in [6, 6.07) is 7.27. The lowest BCUT2D eigenvalue weighted by Gasteiger charge is -2.06. The van der Waals surface area contributed by atoms with Gasteiger partial charge in [0.15, 0.2) is 5.78 Å². The number of Topliss-reactive ketones (excluding diaryl/α,β-unsaturated/α-hetero) is 1. The van der Waals surface area contributed by atoms with Gasteiger partial charge in [-0.25, -0.2) is 0 Å². The van der Waals surface area contributed by atoms with Gasteiger partial charge in [0, 0.05) is 12.0 Å². The first-order valence-corrected chi connectivity index (χ1v) is 6.32. The lowest BCUT2D eigenvalue weighted by atomic mass is 9.99. The van der Waals surface area contributed by atoms with Crippen LogP contribution in [0.25, 0.3) is 0 Å². The van der Waals surface area contributed by atoms with Crippen LogP contribution in [0.4, 0.5) is 0 Å². The van der Waals surface area contributed by atoms with Crippen molar-refractivity contribution < 1.29 is 9.53 Å². The van der Waals surface area contributed by atoms with Crippen molar-refractivity contribution in [3.05, 3.63) is 53.6 Å². The zero-order chi connectivity index (χ0) is 12.8. The first kappa shape index (κ1) is 12.6. The minimum atomic E-state index is 0.157. The summed E-state index contributed by atoms with van der Waals surface area (Å²) in [4.78, 5) is 12.0. The number of carbonyl (C=O) groups excluding carboxylic acids is 1. The monoisotopic (exact) mass is 242 g/mol. The number of ether oxygens (including phenoxy) is 1. The van der Waals surface area contributed by atoms with Crippen molar-refractivity contribution in [3.8, 4) is 5.75 Å². The third-order valence-electron chi connectivity index (χ3n) is 3.13. The number of allylic oxidation sites excluding steroid dienone is 4. The fourth-order valence-electron chi connectivity index (χ4n) is 2.03. The second kappa shape index (κ2) is 6.20. The van der Waals surface area contributed by atoms with Gasteiger partial charge in [0.05, 0.1) is 7.11 Å². The van der Waals surface area contributed by atoms with Gasteiger partial charge in [-0.3, -0.25) is 4.79 Å². The van der Waals surface area contributed by atoms with Gasteiger partial charge >= 0.3 is 0 Å². The molecule has 0 amide bonds. The third-order valence-corrected chi connectivity index (χ3v) is 3.13. The third kappa shape index (κ3) is 3.33. The minimum Gasteiger partial charge on any atom is -0.497 e. The van der Waals surface area contributed by atoms with Gasteiger partial charge in [0.2, 0.25) is 0 Å². The molecule has 0 saturated carbocycles. The van der Waals surface area contributed by atoms with Crippen molar-refractivity contribution in [2.45, 2.75) is 25.7 Å². The molecule has 0 unspecified atom stereocenters. The fourth-order valence-corrected chi connectivity index (χ4v) is 2.03. The SMILES string of the molecule is COc1ccc(C(=O)C/C=C2/C=CCCC2)cc1. The molecule has 0 radical (unpaired) electrons.